The van der Waals surface area contributed by atoms with E-state index < -0.39 is 30.1 Å². The summed E-state index contributed by atoms with van der Waals surface area (Å²) in [6, 6.07) is 8.66. The summed E-state index contributed by atoms with van der Waals surface area (Å²) in [6.07, 6.45) is -0.857. The highest BCUT2D eigenvalue weighted by molar-refractivity contribution is 6.00. The SMILES string of the molecule is O=C(N[C@@H](Cc1ccccc1)[C@H](O)CNON1C(=O)CCC1=O)O[C@H]1CCOC1. The molecule has 3 amide bonds. The number of ether oxygens (including phenoxy) is 2. The first kappa shape index (κ1) is 21.2. The molecule has 158 valence electrons. The Kier molecular flexibility index (Phi) is 7.53. The van der Waals surface area contributed by atoms with Crippen LogP contribution in [-0.4, -0.2) is 66.1 Å². The number of imide groups is 1. The van der Waals surface area contributed by atoms with Crippen molar-refractivity contribution < 1.29 is 33.9 Å². The third kappa shape index (κ3) is 6.23. The Hall–Kier alpha value is -2.53. The van der Waals surface area contributed by atoms with Crippen LogP contribution >= 0.6 is 0 Å². The first-order chi connectivity index (χ1) is 14.0. The van der Waals surface area contributed by atoms with Gasteiger partial charge in [0.05, 0.1) is 31.9 Å². The van der Waals surface area contributed by atoms with E-state index in [9.17, 15) is 19.5 Å². The lowest BCUT2D eigenvalue weighted by molar-refractivity contribution is -0.211. The van der Waals surface area contributed by atoms with Gasteiger partial charge in [0.25, 0.3) is 11.8 Å². The molecule has 0 aromatic heterocycles. The Morgan fingerprint density at radius 1 is 1.24 bits per heavy atom. The number of carbonyl (C=O) groups excluding carboxylic acids is 3. The number of amides is 3. The Morgan fingerprint density at radius 3 is 2.62 bits per heavy atom. The number of hydrogen-bond donors (Lipinski definition) is 3. The number of nitrogens with one attached hydrogen (secondary N) is 2. The molecular formula is C19H25N3O7. The van der Waals surface area contributed by atoms with E-state index in [-0.39, 0.29) is 25.5 Å². The Bertz CT molecular complexity index is 693. The number of hydroxylamine groups is 3. The molecule has 29 heavy (non-hydrogen) atoms. The number of aliphatic hydroxyl groups is 1. The molecule has 2 saturated heterocycles. The standard InChI is InChI=1S/C19H25N3O7/c23-16(11-20-29-22-17(24)6-7-18(22)25)15(10-13-4-2-1-3-5-13)21-19(26)28-14-8-9-27-12-14/h1-5,14-16,20,23H,6-12H2,(H,21,26)/t14-,15-,16+/m0/s1. The molecule has 0 spiro atoms. The van der Waals surface area contributed by atoms with Gasteiger partial charge in [-0.15, -0.1) is 5.06 Å². The summed E-state index contributed by atoms with van der Waals surface area (Å²) in [6.45, 7) is 0.775. The second-order valence-corrected chi connectivity index (χ2v) is 6.92. The number of hydrogen-bond acceptors (Lipinski definition) is 8. The topological polar surface area (TPSA) is 126 Å². The van der Waals surface area contributed by atoms with Gasteiger partial charge in [0.15, 0.2) is 0 Å². The van der Waals surface area contributed by atoms with Crippen LogP contribution in [0.1, 0.15) is 24.8 Å². The minimum Gasteiger partial charge on any atom is -0.444 e. The third-order valence-corrected chi connectivity index (χ3v) is 4.68. The summed E-state index contributed by atoms with van der Waals surface area (Å²) >= 11 is 0. The summed E-state index contributed by atoms with van der Waals surface area (Å²) < 4.78 is 10.5. The summed E-state index contributed by atoms with van der Waals surface area (Å²) in [4.78, 5) is 40.3. The number of benzene rings is 1. The van der Waals surface area contributed by atoms with Crippen LogP contribution in [0.3, 0.4) is 0 Å². The predicted octanol–water partition coefficient (Wildman–Crippen LogP) is 0.0589. The van der Waals surface area contributed by atoms with Gasteiger partial charge in [0, 0.05) is 19.3 Å². The average molecular weight is 407 g/mol. The van der Waals surface area contributed by atoms with E-state index in [4.69, 9.17) is 14.4 Å². The van der Waals surface area contributed by atoms with E-state index in [1.165, 1.54) is 0 Å². The Morgan fingerprint density at radius 2 is 1.97 bits per heavy atom. The Labute approximate surface area is 168 Å². The lowest BCUT2D eigenvalue weighted by Gasteiger charge is -2.25. The van der Waals surface area contributed by atoms with Crippen molar-refractivity contribution in [3.8, 4) is 0 Å². The molecule has 3 rings (SSSR count). The molecule has 0 aliphatic carbocycles. The fourth-order valence-corrected chi connectivity index (χ4v) is 3.08. The lowest BCUT2D eigenvalue weighted by Crippen LogP contribution is -2.50. The minimum absolute atomic E-state index is 0.0952. The van der Waals surface area contributed by atoms with Crippen LogP contribution in [0.2, 0.25) is 0 Å². The maximum Gasteiger partial charge on any atom is 0.407 e. The molecule has 0 unspecified atom stereocenters. The fourth-order valence-electron chi connectivity index (χ4n) is 3.08. The molecule has 2 aliphatic rings. The van der Waals surface area contributed by atoms with Crippen LogP contribution in [0.15, 0.2) is 30.3 Å². The zero-order chi connectivity index (χ0) is 20.6. The molecule has 1 aromatic carbocycles. The molecule has 10 heteroatoms. The van der Waals surface area contributed by atoms with Crippen molar-refractivity contribution in [3.05, 3.63) is 35.9 Å². The predicted molar refractivity (Wildman–Crippen MR) is 99.0 cm³/mol. The van der Waals surface area contributed by atoms with E-state index in [0.717, 1.165) is 5.56 Å². The van der Waals surface area contributed by atoms with Crippen LogP contribution in [0.4, 0.5) is 4.79 Å². The highest BCUT2D eigenvalue weighted by atomic mass is 16.8. The molecule has 0 bridgehead atoms. The van der Waals surface area contributed by atoms with Crippen molar-refractivity contribution in [3.63, 3.8) is 0 Å². The van der Waals surface area contributed by atoms with Crippen molar-refractivity contribution in [2.45, 2.75) is 43.9 Å². The van der Waals surface area contributed by atoms with Gasteiger partial charge in [-0.3, -0.25) is 9.59 Å². The smallest absolute Gasteiger partial charge is 0.407 e. The van der Waals surface area contributed by atoms with Gasteiger partial charge in [0.1, 0.15) is 6.10 Å². The van der Waals surface area contributed by atoms with Crippen molar-refractivity contribution >= 4 is 17.9 Å². The van der Waals surface area contributed by atoms with E-state index >= 15 is 0 Å². The van der Waals surface area contributed by atoms with Crippen LogP contribution in [-0.2, 0) is 30.4 Å². The quantitative estimate of drug-likeness (QED) is 0.387. The molecule has 0 saturated carbocycles. The monoisotopic (exact) mass is 407 g/mol. The maximum atomic E-state index is 12.2. The second-order valence-electron chi connectivity index (χ2n) is 6.92. The number of alkyl carbamates (subject to hydrolysis) is 1. The Balaban J connectivity index is 1.54. The van der Waals surface area contributed by atoms with Crippen LogP contribution in [0.5, 0.6) is 0 Å². The first-order valence-corrected chi connectivity index (χ1v) is 9.55. The van der Waals surface area contributed by atoms with Crippen LogP contribution < -0.4 is 10.8 Å². The zero-order valence-corrected chi connectivity index (χ0v) is 15.9. The molecule has 1 aromatic rings. The van der Waals surface area contributed by atoms with Gasteiger partial charge < -0.3 is 19.9 Å². The number of nitrogens with zero attached hydrogens (tertiary/aromatic N) is 1. The molecule has 10 nitrogen and oxygen atoms in total. The highest BCUT2D eigenvalue weighted by Gasteiger charge is 2.31. The minimum atomic E-state index is -1.07. The van der Waals surface area contributed by atoms with E-state index in [0.29, 0.717) is 31.1 Å². The maximum absolute atomic E-state index is 12.2. The third-order valence-electron chi connectivity index (χ3n) is 4.68. The van der Waals surface area contributed by atoms with Crippen LogP contribution in [0.25, 0.3) is 0 Å². The van der Waals surface area contributed by atoms with Gasteiger partial charge in [-0.25, -0.2) is 4.79 Å². The summed E-state index contributed by atoms with van der Waals surface area (Å²) in [5, 5.41) is 13.9. The second kappa shape index (κ2) is 10.3. The lowest BCUT2D eigenvalue weighted by atomic mass is 10.0. The summed E-state index contributed by atoms with van der Waals surface area (Å²) in [5.41, 5.74) is 3.33. The number of rotatable bonds is 9. The van der Waals surface area contributed by atoms with Gasteiger partial charge in [0.2, 0.25) is 0 Å². The van der Waals surface area contributed by atoms with Gasteiger partial charge in [-0.05, 0) is 12.0 Å². The molecule has 3 atom stereocenters. The van der Waals surface area contributed by atoms with Gasteiger partial charge in [-0.1, -0.05) is 30.3 Å². The van der Waals surface area contributed by atoms with Crippen molar-refractivity contribution in [2.75, 3.05) is 19.8 Å². The zero-order valence-electron chi connectivity index (χ0n) is 15.9. The molecule has 2 fully saturated rings. The van der Waals surface area contributed by atoms with Crippen molar-refractivity contribution in [2.24, 2.45) is 0 Å². The fraction of sp³-hybridized carbons (Fsp3) is 0.526. The van der Waals surface area contributed by atoms with E-state index in [1.807, 2.05) is 30.3 Å². The van der Waals surface area contributed by atoms with Gasteiger partial charge >= 0.3 is 6.09 Å². The van der Waals surface area contributed by atoms with Crippen molar-refractivity contribution in [1.82, 2.24) is 15.9 Å². The molecule has 2 heterocycles. The molecule has 3 N–H and O–H groups in total. The first-order valence-electron chi connectivity index (χ1n) is 9.55. The molecule has 0 radical (unpaired) electrons. The number of aliphatic hydroxyl groups excluding tert-OH is 1. The largest absolute Gasteiger partial charge is 0.444 e. The van der Waals surface area contributed by atoms with Crippen LogP contribution in [0, 0.1) is 0 Å². The summed E-state index contributed by atoms with van der Waals surface area (Å²) in [7, 11) is 0. The number of carbonyl (C=O) groups is 3. The van der Waals surface area contributed by atoms with E-state index in [2.05, 4.69) is 10.8 Å². The van der Waals surface area contributed by atoms with E-state index in [1.54, 1.807) is 0 Å². The molecular weight excluding hydrogens is 382 g/mol. The highest BCUT2D eigenvalue weighted by Crippen LogP contribution is 2.12. The normalized spacial score (nSPS) is 21.3. The van der Waals surface area contributed by atoms with Crippen molar-refractivity contribution in [1.29, 1.82) is 0 Å². The molecule has 2 aliphatic heterocycles. The summed E-state index contributed by atoms with van der Waals surface area (Å²) in [5.74, 6) is -0.892. The van der Waals surface area contributed by atoms with Gasteiger partial charge in [-0.2, -0.15) is 10.4 Å². The average Bonchev–Trinajstić information content (AvgIpc) is 3.33.